The smallest absolute Gasteiger partial charge is 0.257 e. The van der Waals surface area contributed by atoms with Gasteiger partial charge in [-0.1, -0.05) is 30.3 Å². The third kappa shape index (κ3) is 3.62. The van der Waals surface area contributed by atoms with E-state index in [2.05, 4.69) is 9.97 Å². The number of hydrogen-bond donors (Lipinski definition) is 1. The number of amides is 2. The first-order valence-corrected chi connectivity index (χ1v) is 10.0. The van der Waals surface area contributed by atoms with Gasteiger partial charge in [-0.25, -0.2) is 9.97 Å². The molecule has 1 unspecified atom stereocenters. The zero-order valence-electron chi connectivity index (χ0n) is 16.8. The largest absolute Gasteiger partial charge is 0.391 e. The molecule has 1 atom stereocenters. The Morgan fingerprint density at radius 1 is 1.21 bits per heavy atom. The Hall–Kier alpha value is -2.80. The van der Waals surface area contributed by atoms with Crippen LogP contribution in [0.15, 0.2) is 36.5 Å². The fourth-order valence-electron chi connectivity index (χ4n) is 4.58. The predicted octanol–water partition coefficient (Wildman–Crippen LogP) is 1.90. The third-order valence-corrected chi connectivity index (χ3v) is 6.11. The van der Waals surface area contributed by atoms with Crippen molar-refractivity contribution in [2.24, 2.45) is 5.41 Å². The van der Waals surface area contributed by atoms with E-state index in [0.29, 0.717) is 56.0 Å². The lowest BCUT2D eigenvalue weighted by Crippen LogP contribution is -2.56. The number of hydrogen-bond acceptors (Lipinski definition) is 5. The van der Waals surface area contributed by atoms with Crippen LogP contribution in [0.3, 0.4) is 0 Å². The molecule has 7 heteroatoms. The molecule has 2 aliphatic rings. The van der Waals surface area contributed by atoms with Gasteiger partial charge in [0.25, 0.3) is 5.91 Å². The van der Waals surface area contributed by atoms with Gasteiger partial charge in [0.1, 0.15) is 5.82 Å². The van der Waals surface area contributed by atoms with Crippen molar-refractivity contribution in [3.8, 4) is 11.3 Å². The molecule has 1 aromatic carbocycles. The summed E-state index contributed by atoms with van der Waals surface area (Å²) in [6, 6.07) is 9.63. The first kappa shape index (κ1) is 19.5. The number of nitrogens with zero attached hydrogens (tertiary/aromatic N) is 4. The molecule has 0 bridgehead atoms. The number of rotatable bonds is 2. The first-order chi connectivity index (χ1) is 13.9. The summed E-state index contributed by atoms with van der Waals surface area (Å²) in [6.45, 7) is 3.15. The molecule has 2 saturated heterocycles. The lowest BCUT2D eigenvalue weighted by molar-refractivity contribution is -0.154. The van der Waals surface area contributed by atoms with Crippen molar-refractivity contribution in [3.63, 3.8) is 0 Å². The molecule has 1 spiro atoms. The van der Waals surface area contributed by atoms with Gasteiger partial charge in [0.2, 0.25) is 5.91 Å². The van der Waals surface area contributed by atoms with Crippen molar-refractivity contribution in [2.45, 2.75) is 32.3 Å². The maximum Gasteiger partial charge on any atom is 0.257 e. The summed E-state index contributed by atoms with van der Waals surface area (Å²) in [7, 11) is 1.74. The summed E-state index contributed by atoms with van der Waals surface area (Å²) in [6.07, 6.45) is 2.69. The molecule has 29 heavy (non-hydrogen) atoms. The van der Waals surface area contributed by atoms with Crippen LogP contribution in [0, 0.1) is 12.3 Å². The Labute approximate surface area is 170 Å². The van der Waals surface area contributed by atoms with E-state index in [9.17, 15) is 14.7 Å². The van der Waals surface area contributed by atoms with Crippen LogP contribution in [0.2, 0.25) is 0 Å². The number of benzene rings is 1. The predicted molar refractivity (Wildman–Crippen MR) is 108 cm³/mol. The highest BCUT2D eigenvalue weighted by Crippen LogP contribution is 2.41. The Kier molecular flexibility index (Phi) is 5.08. The van der Waals surface area contributed by atoms with E-state index in [0.717, 1.165) is 5.56 Å². The van der Waals surface area contributed by atoms with E-state index in [1.807, 2.05) is 37.3 Å². The molecule has 2 fully saturated rings. The Bertz CT molecular complexity index is 923. The van der Waals surface area contributed by atoms with Crippen LogP contribution in [-0.2, 0) is 4.79 Å². The highest BCUT2D eigenvalue weighted by atomic mass is 16.3. The van der Waals surface area contributed by atoms with Gasteiger partial charge in [-0.3, -0.25) is 9.59 Å². The molecule has 0 aliphatic carbocycles. The minimum absolute atomic E-state index is 0.0820. The van der Waals surface area contributed by atoms with E-state index in [1.54, 1.807) is 23.0 Å². The minimum atomic E-state index is -0.560. The number of aliphatic hydroxyl groups excluding tert-OH is 1. The van der Waals surface area contributed by atoms with Gasteiger partial charge in [-0.05, 0) is 26.2 Å². The highest BCUT2D eigenvalue weighted by Gasteiger charge is 2.48. The maximum absolute atomic E-state index is 13.3. The van der Waals surface area contributed by atoms with Crippen LogP contribution in [0.4, 0.5) is 0 Å². The zero-order valence-corrected chi connectivity index (χ0v) is 16.8. The summed E-state index contributed by atoms with van der Waals surface area (Å²) in [5, 5.41) is 10.2. The van der Waals surface area contributed by atoms with Crippen LogP contribution in [0.5, 0.6) is 0 Å². The average Bonchev–Trinajstić information content (AvgIpc) is 2.72. The van der Waals surface area contributed by atoms with Crippen molar-refractivity contribution < 1.29 is 14.7 Å². The lowest BCUT2D eigenvalue weighted by atomic mass is 9.71. The molecule has 1 aromatic heterocycles. The molecular formula is C22H26N4O3. The monoisotopic (exact) mass is 394 g/mol. The second-order valence-electron chi connectivity index (χ2n) is 8.16. The van der Waals surface area contributed by atoms with Crippen LogP contribution < -0.4 is 0 Å². The normalized spacial score (nSPS) is 21.5. The molecule has 2 aliphatic heterocycles. The first-order valence-electron chi connectivity index (χ1n) is 10.0. The van der Waals surface area contributed by atoms with Gasteiger partial charge < -0.3 is 14.9 Å². The molecule has 2 aromatic rings. The van der Waals surface area contributed by atoms with E-state index in [1.165, 1.54) is 0 Å². The Morgan fingerprint density at radius 2 is 1.90 bits per heavy atom. The minimum Gasteiger partial charge on any atom is -0.391 e. The summed E-state index contributed by atoms with van der Waals surface area (Å²) >= 11 is 0. The van der Waals surface area contributed by atoms with E-state index < -0.39 is 11.5 Å². The van der Waals surface area contributed by atoms with E-state index in [-0.39, 0.29) is 11.8 Å². The van der Waals surface area contributed by atoms with E-state index in [4.69, 9.17) is 0 Å². The molecule has 2 amide bonds. The second kappa shape index (κ2) is 7.55. The number of piperidine rings is 2. The number of likely N-dealkylation sites (tertiary alicyclic amines) is 2. The van der Waals surface area contributed by atoms with Crippen LogP contribution >= 0.6 is 0 Å². The van der Waals surface area contributed by atoms with Crippen molar-refractivity contribution in [1.82, 2.24) is 19.8 Å². The fraction of sp³-hybridized carbons (Fsp3) is 0.455. The maximum atomic E-state index is 13.3. The molecule has 0 radical (unpaired) electrons. The summed E-state index contributed by atoms with van der Waals surface area (Å²) in [4.78, 5) is 38.2. The Morgan fingerprint density at radius 3 is 2.59 bits per heavy atom. The zero-order chi connectivity index (χ0) is 20.6. The van der Waals surface area contributed by atoms with Crippen LogP contribution in [-0.4, -0.2) is 69.5 Å². The number of β-amino-alcohol motifs (C(OH)–C–C–N with tert-alkyl or cyclic N) is 1. The van der Waals surface area contributed by atoms with Crippen LogP contribution in [0.25, 0.3) is 11.3 Å². The van der Waals surface area contributed by atoms with Crippen molar-refractivity contribution in [1.29, 1.82) is 0 Å². The van der Waals surface area contributed by atoms with Crippen LogP contribution in [0.1, 0.15) is 35.4 Å². The number of aliphatic hydroxyl groups is 1. The third-order valence-electron chi connectivity index (χ3n) is 6.11. The average molecular weight is 394 g/mol. The number of carbonyl (C=O) groups excluding carboxylic acids is 2. The standard InChI is InChI=1S/C22H26N4O3/c1-15-23-13-18(19(24-15)16-6-4-3-5-7-16)20(28)26-10-8-22(9-11-26)12-17(27)14-25(2)21(22)29/h3-7,13,17,27H,8-12,14H2,1-2H3. The summed E-state index contributed by atoms with van der Waals surface area (Å²) in [5.41, 5.74) is 1.43. The number of carbonyl (C=O) groups is 2. The molecule has 1 N–H and O–H groups in total. The summed E-state index contributed by atoms with van der Waals surface area (Å²) in [5.74, 6) is 0.581. The van der Waals surface area contributed by atoms with Gasteiger partial charge in [0.15, 0.2) is 0 Å². The van der Waals surface area contributed by atoms with E-state index >= 15 is 0 Å². The molecule has 3 heterocycles. The molecule has 152 valence electrons. The SMILES string of the molecule is Cc1ncc(C(=O)N2CCC3(CC2)CC(O)CN(C)C3=O)c(-c2ccccc2)n1. The van der Waals surface area contributed by atoms with Crippen molar-refractivity contribution in [2.75, 3.05) is 26.7 Å². The molecule has 0 saturated carbocycles. The van der Waals surface area contributed by atoms with Crippen molar-refractivity contribution >= 4 is 11.8 Å². The highest BCUT2D eigenvalue weighted by molar-refractivity contribution is 5.99. The molecular weight excluding hydrogens is 368 g/mol. The number of aromatic nitrogens is 2. The lowest BCUT2D eigenvalue weighted by Gasteiger charge is -2.47. The van der Waals surface area contributed by atoms with Gasteiger partial charge in [0, 0.05) is 38.4 Å². The van der Waals surface area contributed by atoms with Gasteiger partial charge in [-0.15, -0.1) is 0 Å². The van der Waals surface area contributed by atoms with Gasteiger partial charge in [-0.2, -0.15) is 0 Å². The van der Waals surface area contributed by atoms with Gasteiger partial charge >= 0.3 is 0 Å². The van der Waals surface area contributed by atoms with Crippen molar-refractivity contribution in [3.05, 3.63) is 47.9 Å². The second-order valence-corrected chi connectivity index (χ2v) is 8.16. The Balaban J connectivity index is 1.56. The molecule has 4 rings (SSSR count). The topological polar surface area (TPSA) is 86.6 Å². The molecule has 7 nitrogen and oxygen atoms in total. The number of aryl methyl sites for hydroxylation is 1. The number of likely N-dealkylation sites (N-methyl/N-ethyl adjacent to an activating group) is 1. The fourth-order valence-corrected chi connectivity index (χ4v) is 4.58. The van der Waals surface area contributed by atoms with Gasteiger partial charge in [0.05, 0.1) is 22.8 Å². The quantitative estimate of drug-likeness (QED) is 0.841. The summed E-state index contributed by atoms with van der Waals surface area (Å²) < 4.78 is 0.